The predicted octanol–water partition coefficient (Wildman–Crippen LogP) is 3.49. The quantitative estimate of drug-likeness (QED) is 0.592. The fourth-order valence-corrected chi connectivity index (χ4v) is 5.53. The van der Waals surface area contributed by atoms with Crippen molar-refractivity contribution in [2.45, 2.75) is 45.2 Å². The number of imidazole rings is 1. The molecule has 10 heteroatoms. The molecule has 2 aliphatic rings. The molecule has 0 bridgehead atoms. The summed E-state index contributed by atoms with van der Waals surface area (Å²) in [6, 6.07) is 6.94. The van der Waals surface area contributed by atoms with Gasteiger partial charge in [0.2, 0.25) is 5.91 Å². The Labute approximate surface area is 198 Å². The van der Waals surface area contributed by atoms with Crippen molar-refractivity contribution in [3.8, 4) is 0 Å². The fraction of sp³-hybridized carbons (Fsp3) is 0.435. The standard InChI is InChI=1S/C23H27ClN4O4S/c1-17-25-15-21-16-27(23(30)28(17)21)20-8-11-26(12-9-20)22(29)3-2-13-33(31,32)14-10-18-4-6-19(24)7-5-18/h4-7,10,14-15,20H,2-3,8-9,11-13,16H2,1H3/b14-10+. The second-order valence-electron chi connectivity index (χ2n) is 8.48. The van der Waals surface area contributed by atoms with E-state index in [2.05, 4.69) is 4.98 Å². The number of amides is 2. The summed E-state index contributed by atoms with van der Waals surface area (Å²) in [6.45, 7) is 3.52. The van der Waals surface area contributed by atoms with Gasteiger partial charge in [0.15, 0.2) is 9.84 Å². The molecule has 4 rings (SSSR count). The molecule has 33 heavy (non-hydrogen) atoms. The monoisotopic (exact) mass is 490 g/mol. The Kier molecular flexibility index (Phi) is 6.90. The molecule has 3 heterocycles. The number of rotatable bonds is 7. The average Bonchev–Trinajstić information content (AvgIpc) is 3.33. The number of halogens is 1. The van der Waals surface area contributed by atoms with Crippen LogP contribution in [0.4, 0.5) is 4.79 Å². The lowest BCUT2D eigenvalue weighted by Gasteiger charge is -2.36. The zero-order chi connectivity index (χ0) is 23.6. The number of carbonyl (C=O) groups excluding carboxylic acids is 2. The Bertz CT molecular complexity index is 1170. The second-order valence-corrected chi connectivity index (χ2v) is 10.9. The SMILES string of the molecule is Cc1ncc2n1C(=O)N(C1CCN(C(=O)CCCS(=O)(=O)/C=C/c3ccc(Cl)cc3)CC1)C2. The van der Waals surface area contributed by atoms with Crippen molar-refractivity contribution in [1.82, 2.24) is 19.4 Å². The number of likely N-dealkylation sites (tertiary alicyclic amines) is 1. The Morgan fingerprint density at radius 2 is 1.91 bits per heavy atom. The molecular formula is C23H27ClN4O4S. The Hall–Kier alpha value is -2.65. The molecule has 1 fully saturated rings. The minimum atomic E-state index is -3.40. The number of piperidine rings is 1. The van der Waals surface area contributed by atoms with Crippen molar-refractivity contribution in [2.75, 3.05) is 18.8 Å². The van der Waals surface area contributed by atoms with Gasteiger partial charge < -0.3 is 9.80 Å². The Balaban J connectivity index is 1.21. The number of sulfone groups is 1. The molecule has 0 spiro atoms. The molecule has 0 radical (unpaired) electrons. The maximum atomic E-state index is 12.7. The van der Waals surface area contributed by atoms with Gasteiger partial charge in [-0.3, -0.25) is 9.36 Å². The summed E-state index contributed by atoms with van der Waals surface area (Å²) in [4.78, 5) is 33.1. The number of hydrogen-bond acceptors (Lipinski definition) is 5. The summed E-state index contributed by atoms with van der Waals surface area (Å²) in [5.74, 6) is 0.584. The highest BCUT2D eigenvalue weighted by atomic mass is 35.5. The first-order chi connectivity index (χ1) is 15.7. The third kappa shape index (κ3) is 5.47. The van der Waals surface area contributed by atoms with E-state index in [0.717, 1.165) is 24.1 Å². The van der Waals surface area contributed by atoms with Crippen molar-refractivity contribution >= 4 is 39.5 Å². The van der Waals surface area contributed by atoms with Crippen LogP contribution in [0.5, 0.6) is 0 Å². The van der Waals surface area contributed by atoms with Crippen LogP contribution in [0.1, 0.15) is 42.8 Å². The number of fused-ring (bicyclic) bond motifs is 1. The first-order valence-electron chi connectivity index (χ1n) is 11.0. The van der Waals surface area contributed by atoms with E-state index in [0.29, 0.717) is 30.5 Å². The molecule has 8 nitrogen and oxygen atoms in total. The smallest absolute Gasteiger partial charge is 0.330 e. The topological polar surface area (TPSA) is 92.6 Å². The lowest BCUT2D eigenvalue weighted by Crippen LogP contribution is -2.47. The van der Waals surface area contributed by atoms with Gasteiger partial charge in [0, 0.05) is 36.0 Å². The first-order valence-corrected chi connectivity index (χ1v) is 13.1. The van der Waals surface area contributed by atoms with E-state index < -0.39 is 9.84 Å². The van der Waals surface area contributed by atoms with Crippen LogP contribution >= 0.6 is 11.6 Å². The predicted molar refractivity (Wildman–Crippen MR) is 126 cm³/mol. The van der Waals surface area contributed by atoms with E-state index in [1.807, 2.05) is 11.8 Å². The van der Waals surface area contributed by atoms with Crippen LogP contribution in [0.2, 0.25) is 5.02 Å². The van der Waals surface area contributed by atoms with Gasteiger partial charge in [-0.2, -0.15) is 0 Å². The maximum Gasteiger partial charge on any atom is 0.330 e. The lowest BCUT2D eigenvalue weighted by molar-refractivity contribution is -0.132. The molecule has 1 saturated heterocycles. The molecule has 0 N–H and O–H groups in total. The van der Waals surface area contributed by atoms with Crippen molar-refractivity contribution in [3.05, 3.63) is 58.0 Å². The van der Waals surface area contributed by atoms with Crippen LogP contribution in [-0.4, -0.2) is 64.6 Å². The van der Waals surface area contributed by atoms with E-state index in [4.69, 9.17) is 11.6 Å². The molecular weight excluding hydrogens is 464 g/mol. The molecule has 1 aromatic heterocycles. The van der Waals surface area contributed by atoms with Crippen LogP contribution in [0.3, 0.4) is 0 Å². The number of aromatic nitrogens is 2. The summed E-state index contributed by atoms with van der Waals surface area (Å²) in [5, 5.41) is 1.78. The zero-order valence-electron chi connectivity index (χ0n) is 18.5. The number of aryl methyl sites for hydroxylation is 1. The normalized spacial score (nSPS) is 17.2. The highest BCUT2D eigenvalue weighted by Gasteiger charge is 2.36. The first kappa shape index (κ1) is 23.5. The molecule has 0 aliphatic carbocycles. The third-order valence-corrected chi connectivity index (χ3v) is 7.86. The summed E-state index contributed by atoms with van der Waals surface area (Å²) >= 11 is 5.83. The maximum absolute atomic E-state index is 12.7. The Morgan fingerprint density at radius 3 is 2.58 bits per heavy atom. The second kappa shape index (κ2) is 9.69. The summed E-state index contributed by atoms with van der Waals surface area (Å²) in [6.07, 6.45) is 5.18. The van der Waals surface area contributed by atoms with Crippen molar-refractivity contribution in [2.24, 2.45) is 0 Å². The molecule has 2 aliphatic heterocycles. The van der Waals surface area contributed by atoms with Gasteiger partial charge in [0.25, 0.3) is 0 Å². The van der Waals surface area contributed by atoms with Gasteiger partial charge in [-0.25, -0.2) is 18.2 Å². The van der Waals surface area contributed by atoms with Crippen LogP contribution in [0, 0.1) is 6.92 Å². The molecule has 1 aromatic carbocycles. The van der Waals surface area contributed by atoms with Crippen molar-refractivity contribution < 1.29 is 18.0 Å². The number of benzene rings is 1. The van der Waals surface area contributed by atoms with Crippen molar-refractivity contribution in [1.29, 1.82) is 0 Å². The van der Waals surface area contributed by atoms with Crippen LogP contribution < -0.4 is 0 Å². The molecule has 2 amide bonds. The van der Waals surface area contributed by atoms with Crippen LogP contribution in [-0.2, 0) is 21.2 Å². The Morgan fingerprint density at radius 1 is 1.21 bits per heavy atom. The lowest BCUT2D eigenvalue weighted by atomic mass is 10.0. The molecule has 0 unspecified atom stereocenters. The highest BCUT2D eigenvalue weighted by molar-refractivity contribution is 7.94. The van der Waals surface area contributed by atoms with Crippen molar-refractivity contribution in [3.63, 3.8) is 0 Å². The van der Waals surface area contributed by atoms with E-state index in [9.17, 15) is 18.0 Å². The summed E-state index contributed by atoms with van der Waals surface area (Å²) in [7, 11) is -3.40. The average molecular weight is 491 g/mol. The number of carbonyl (C=O) groups is 2. The van der Waals surface area contributed by atoms with Gasteiger partial charge >= 0.3 is 6.03 Å². The van der Waals surface area contributed by atoms with Gasteiger partial charge in [0.05, 0.1) is 24.2 Å². The minimum absolute atomic E-state index is 0.0376. The minimum Gasteiger partial charge on any atom is -0.343 e. The summed E-state index contributed by atoms with van der Waals surface area (Å²) in [5.41, 5.74) is 1.65. The van der Waals surface area contributed by atoms with Gasteiger partial charge in [-0.15, -0.1) is 0 Å². The highest BCUT2D eigenvalue weighted by Crippen LogP contribution is 2.26. The summed E-state index contributed by atoms with van der Waals surface area (Å²) < 4.78 is 26.2. The fourth-order valence-electron chi connectivity index (χ4n) is 4.35. The molecule has 176 valence electrons. The largest absolute Gasteiger partial charge is 0.343 e. The van der Waals surface area contributed by atoms with Gasteiger partial charge in [-0.05, 0) is 50.0 Å². The third-order valence-electron chi connectivity index (χ3n) is 6.20. The van der Waals surface area contributed by atoms with Gasteiger partial charge in [0.1, 0.15) is 5.82 Å². The van der Waals surface area contributed by atoms with Crippen LogP contribution in [0.15, 0.2) is 35.9 Å². The van der Waals surface area contributed by atoms with Gasteiger partial charge in [-0.1, -0.05) is 23.7 Å². The van der Waals surface area contributed by atoms with E-state index in [1.165, 1.54) is 11.5 Å². The molecule has 2 aromatic rings. The molecule has 0 saturated carbocycles. The number of nitrogens with zero attached hydrogens (tertiary/aromatic N) is 4. The number of hydrogen-bond donors (Lipinski definition) is 0. The zero-order valence-corrected chi connectivity index (χ0v) is 20.1. The molecule has 0 atom stereocenters. The van der Waals surface area contributed by atoms with E-state index in [-0.39, 0.29) is 36.6 Å². The van der Waals surface area contributed by atoms with E-state index >= 15 is 0 Å². The van der Waals surface area contributed by atoms with E-state index in [1.54, 1.807) is 39.9 Å². The van der Waals surface area contributed by atoms with Crippen LogP contribution in [0.25, 0.3) is 6.08 Å².